The lowest BCUT2D eigenvalue weighted by molar-refractivity contribution is -0.136. The SMILES string of the molecule is C=CCn1c(=O)c2cnc(N3CCN(C4CN(c5cccc6c5C(=O)N(C5CCC(=O)NC5=O)C6=O)C4)CC3)nc2n1-c1ccc2c(n1)[C@@](O)(CC)CC2. The highest BCUT2D eigenvalue weighted by molar-refractivity contribution is 6.25. The van der Waals surface area contributed by atoms with Gasteiger partial charge in [-0.15, -0.1) is 6.58 Å². The lowest BCUT2D eigenvalue weighted by Crippen LogP contribution is -2.63. The van der Waals surface area contributed by atoms with Crippen LogP contribution in [0, 0.1) is 0 Å². The minimum atomic E-state index is -1.01. The lowest BCUT2D eigenvalue weighted by atomic mass is 9.98. The predicted octanol–water partition coefficient (Wildman–Crippen LogP) is 1.12. The molecule has 0 bridgehead atoms. The first-order valence-electron chi connectivity index (χ1n) is 18.5. The van der Waals surface area contributed by atoms with Crippen LogP contribution in [0.3, 0.4) is 0 Å². The molecule has 3 saturated heterocycles. The molecule has 7 heterocycles. The molecule has 1 aliphatic carbocycles. The fourth-order valence-electron chi connectivity index (χ4n) is 8.63. The Morgan fingerprint density at radius 2 is 1.78 bits per heavy atom. The molecule has 0 saturated carbocycles. The Balaban J connectivity index is 0.904. The number of piperidine rings is 1. The number of amides is 4. The monoisotopic (exact) mass is 732 g/mol. The molecule has 4 aliphatic heterocycles. The van der Waals surface area contributed by atoms with Crippen molar-refractivity contribution >= 4 is 46.3 Å². The Bertz CT molecular complexity index is 2340. The highest BCUT2D eigenvalue weighted by Crippen LogP contribution is 2.39. The van der Waals surface area contributed by atoms with Gasteiger partial charge in [-0.3, -0.25) is 39.1 Å². The van der Waals surface area contributed by atoms with E-state index in [2.05, 4.69) is 31.6 Å². The number of pyridine rings is 1. The zero-order chi connectivity index (χ0) is 37.5. The van der Waals surface area contributed by atoms with Crippen LogP contribution in [0.15, 0.2) is 54.0 Å². The maximum absolute atomic E-state index is 13.6. The third-order valence-electron chi connectivity index (χ3n) is 11.7. The highest BCUT2D eigenvalue weighted by atomic mass is 16.3. The van der Waals surface area contributed by atoms with Crippen LogP contribution in [0.1, 0.15) is 64.6 Å². The molecule has 54 heavy (non-hydrogen) atoms. The van der Waals surface area contributed by atoms with E-state index in [9.17, 15) is 29.1 Å². The maximum atomic E-state index is 13.6. The fraction of sp³-hybridized carbons (Fsp3) is 0.421. The number of piperazine rings is 1. The van der Waals surface area contributed by atoms with Gasteiger partial charge < -0.3 is 14.9 Å². The Hall–Kier alpha value is -5.74. The summed E-state index contributed by atoms with van der Waals surface area (Å²) in [6.45, 7) is 10.2. The van der Waals surface area contributed by atoms with Crippen molar-refractivity contribution in [2.75, 3.05) is 49.1 Å². The lowest BCUT2D eigenvalue weighted by Gasteiger charge is -2.49. The van der Waals surface area contributed by atoms with Crippen LogP contribution < -0.4 is 20.7 Å². The number of nitrogens with zero attached hydrogens (tertiary/aromatic N) is 9. The van der Waals surface area contributed by atoms with Crippen molar-refractivity contribution in [1.82, 2.24) is 39.4 Å². The summed E-state index contributed by atoms with van der Waals surface area (Å²) in [6, 6.07) is 8.27. The van der Waals surface area contributed by atoms with Crippen molar-refractivity contribution in [3.05, 3.63) is 81.9 Å². The summed E-state index contributed by atoms with van der Waals surface area (Å²) >= 11 is 0. The van der Waals surface area contributed by atoms with E-state index in [1.54, 1.807) is 33.8 Å². The number of aryl methyl sites for hydroxylation is 1. The molecule has 1 unspecified atom stereocenters. The molecule has 0 spiro atoms. The van der Waals surface area contributed by atoms with Crippen molar-refractivity contribution in [2.45, 2.75) is 63.3 Å². The third-order valence-corrected chi connectivity index (χ3v) is 11.7. The van der Waals surface area contributed by atoms with Crippen molar-refractivity contribution in [1.29, 1.82) is 0 Å². The second-order valence-electron chi connectivity index (χ2n) is 14.7. The number of nitrogens with one attached hydrogen (secondary N) is 1. The Morgan fingerprint density at radius 1 is 0.981 bits per heavy atom. The average Bonchev–Trinajstić information content (AvgIpc) is 3.74. The van der Waals surface area contributed by atoms with Crippen LogP contribution in [0.5, 0.6) is 0 Å². The van der Waals surface area contributed by atoms with Gasteiger partial charge in [-0.05, 0) is 49.4 Å². The quantitative estimate of drug-likeness (QED) is 0.195. The summed E-state index contributed by atoms with van der Waals surface area (Å²) in [7, 11) is 0. The Morgan fingerprint density at radius 3 is 2.52 bits per heavy atom. The van der Waals surface area contributed by atoms with E-state index in [0.717, 1.165) is 30.0 Å². The number of aliphatic hydroxyl groups is 1. The van der Waals surface area contributed by atoms with Crippen LogP contribution in [0.4, 0.5) is 11.6 Å². The molecule has 3 fully saturated rings. The summed E-state index contributed by atoms with van der Waals surface area (Å²) in [5, 5.41) is 13.9. The van der Waals surface area contributed by atoms with E-state index < -0.39 is 35.3 Å². The Labute approximate surface area is 309 Å². The molecule has 4 amide bonds. The molecule has 4 aromatic rings. The van der Waals surface area contributed by atoms with Crippen molar-refractivity contribution < 1.29 is 24.3 Å². The van der Waals surface area contributed by atoms with Crippen molar-refractivity contribution in [3.8, 4) is 5.82 Å². The van der Waals surface area contributed by atoms with E-state index in [-0.39, 0.29) is 36.6 Å². The summed E-state index contributed by atoms with van der Waals surface area (Å²) in [5.41, 5.74) is 2.09. The molecule has 5 aliphatic rings. The molecular weight excluding hydrogens is 692 g/mol. The van der Waals surface area contributed by atoms with Gasteiger partial charge in [0.15, 0.2) is 11.5 Å². The standard InChI is InChI=1S/C38H40N10O6/c1-3-14-46-34(51)25-19-39-37(42-32(25)48(46)28-10-8-22-12-13-38(54,4-2)31(22)40-28)44-17-15-43(16-18-44)23-20-45(21-23)26-7-5-6-24-30(26)36(53)47(35(24)52)27-9-11-29(49)41-33(27)50/h3,5-8,10,19,23,27,54H,1,4,9,11-18,20-21H2,2H3,(H,41,49,50)/t27?,38-/m1/s1. The summed E-state index contributed by atoms with van der Waals surface area (Å²) < 4.78 is 3.25. The van der Waals surface area contributed by atoms with Gasteiger partial charge in [-0.2, -0.15) is 4.98 Å². The number of imide groups is 2. The number of fused-ring (bicyclic) bond motifs is 3. The number of carbonyl (C=O) groups excluding carboxylic acids is 4. The summed E-state index contributed by atoms with van der Waals surface area (Å²) in [6.07, 6.45) is 5.31. The van der Waals surface area contributed by atoms with Gasteiger partial charge in [-0.1, -0.05) is 25.1 Å². The predicted molar refractivity (Wildman–Crippen MR) is 197 cm³/mol. The first-order valence-corrected chi connectivity index (χ1v) is 18.5. The van der Waals surface area contributed by atoms with Gasteiger partial charge in [0.25, 0.3) is 17.4 Å². The van der Waals surface area contributed by atoms with E-state index in [4.69, 9.17) is 9.97 Å². The number of rotatable bonds is 8. The number of carbonyl (C=O) groups is 4. The van der Waals surface area contributed by atoms with Crippen molar-refractivity contribution in [3.63, 3.8) is 0 Å². The van der Waals surface area contributed by atoms with E-state index >= 15 is 0 Å². The topological polar surface area (TPSA) is 179 Å². The van der Waals surface area contributed by atoms with Crippen LogP contribution in [0.2, 0.25) is 0 Å². The van der Waals surface area contributed by atoms with E-state index in [0.29, 0.717) is 78.8 Å². The molecule has 16 heteroatoms. The van der Waals surface area contributed by atoms with Gasteiger partial charge in [0.05, 0.1) is 29.1 Å². The van der Waals surface area contributed by atoms with Crippen molar-refractivity contribution in [2.24, 2.45) is 0 Å². The molecule has 3 aromatic heterocycles. The first-order chi connectivity index (χ1) is 26.1. The van der Waals surface area contributed by atoms with Crippen LogP contribution in [0.25, 0.3) is 16.9 Å². The molecular formula is C38H40N10O6. The summed E-state index contributed by atoms with van der Waals surface area (Å²) in [4.78, 5) is 86.8. The second-order valence-corrected chi connectivity index (χ2v) is 14.7. The molecule has 2 N–H and O–H groups in total. The average molecular weight is 733 g/mol. The normalized spacial score (nSPS) is 23.2. The van der Waals surface area contributed by atoms with Gasteiger partial charge in [0, 0.05) is 57.9 Å². The van der Waals surface area contributed by atoms with Crippen LogP contribution in [-0.2, 0) is 28.2 Å². The van der Waals surface area contributed by atoms with E-state index in [1.165, 1.54) is 0 Å². The molecule has 1 aromatic carbocycles. The number of allylic oxidation sites excluding steroid dienone is 1. The summed E-state index contributed by atoms with van der Waals surface area (Å²) in [5.74, 6) is -1.04. The largest absolute Gasteiger partial charge is 0.384 e. The maximum Gasteiger partial charge on any atom is 0.278 e. The zero-order valence-corrected chi connectivity index (χ0v) is 29.9. The Kier molecular flexibility index (Phi) is 8.01. The van der Waals surface area contributed by atoms with Gasteiger partial charge in [0.2, 0.25) is 17.8 Å². The van der Waals surface area contributed by atoms with Gasteiger partial charge >= 0.3 is 0 Å². The number of hydrogen-bond acceptors (Lipinski definition) is 12. The van der Waals surface area contributed by atoms with E-state index in [1.807, 2.05) is 25.1 Å². The molecule has 9 rings (SSSR count). The number of hydrogen-bond donors (Lipinski definition) is 2. The smallest absolute Gasteiger partial charge is 0.278 e. The number of benzene rings is 1. The molecule has 0 radical (unpaired) electrons. The fourth-order valence-corrected chi connectivity index (χ4v) is 8.63. The molecule has 2 atom stereocenters. The first kappa shape index (κ1) is 34.1. The highest BCUT2D eigenvalue weighted by Gasteiger charge is 2.47. The minimum absolute atomic E-state index is 0.0699. The number of aromatic nitrogens is 5. The second kappa shape index (κ2) is 12.7. The van der Waals surface area contributed by atoms with Crippen LogP contribution >= 0.6 is 0 Å². The van der Waals surface area contributed by atoms with Gasteiger partial charge in [0.1, 0.15) is 17.0 Å². The van der Waals surface area contributed by atoms with Gasteiger partial charge in [-0.25, -0.2) is 19.3 Å². The third kappa shape index (κ3) is 5.18. The molecule has 278 valence electrons. The van der Waals surface area contributed by atoms with Crippen LogP contribution in [-0.4, -0.2) is 114 Å². The molecule has 16 nitrogen and oxygen atoms in total. The minimum Gasteiger partial charge on any atom is -0.384 e. The zero-order valence-electron chi connectivity index (χ0n) is 29.9. The number of anilines is 2.